The van der Waals surface area contributed by atoms with Gasteiger partial charge in [-0.2, -0.15) is 5.26 Å². The van der Waals surface area contributed by atoms with Gasteiger partial charge in [-0.1, -0.05) is 0 Å². The second-order valence-corrected chi connectivity index (χ2v) is 3.89. The van der Waals surface area contributed by atoms with Gasteiger partial charge in [0.05, 0.1) is 11.0 Å². The number of aromatic hydroxyl groups is 2. The molecule has 1 fully saturated rings. The van der Waals surface area contributed by atoms with Crippen LogP contribution in [0.25, 0.3) is 0 Å². The van der Waals surface area contributed by atoms with E-state index in [-0.39, 0.29) is 22.6 Å². The molecule has 0 aliphatic heterocycles. The van der Waals surface area contributed by atoms with E-state index >= 15 is 0 Å². The molecule has 0 atom stereocenters. The number of aliphatic carboxylic acids is 1. The Labute approximate surface area is 91.2 Å². The van der Waals surface area contributed by atoms with Crippen LogP contribution in [0.4, 0.5) is 0 Å². The predicted octanol–water partition coefficient (Wildman–Crippen LogP) is 1.09. The Balaban J connectivity index is 2.59. The molecule has 16 heavy (non-hydrogen) atoms. The van der Waals surface area contributed by atoms with Crippen LogP contribution in [0.5, 0.6) is 11.5 Å². The first-order chi connectivity index (χ1) is 7.51. The number of phenols is 2. The monoisotopic (exact) mass is 219 g/mol. The zero-order valence-corrected chi connectivity index (χ0v) is 8.27. The third-order valence-electron chi connectivity index (χ3n) is 2.91. The van der Waals surface area contributed by atoms with Gasteiger partial charge in [-0.25, -0.2) is 0 Å². The molecule has 1 aliphatic carbocycles. The molecule has 0 aromatic heterocycles. The van der Waals surface area contributed by atoms with Crippen LogP contribution in [0, 0.1) is 11.3 Å². The molecular formula is C11H9NO4. The summed E-state index contributed by atoms with van der Waals surface area (Å²) in [6, 6.07) is 4.00. The van der Waals surface area contributed by atoms with Crippen molar-refractivity contribution < 1.29 is 20.1 Å². The summed E-state index contributed by atoms with van der Waals surface area (Å²) < 4.78 is 0. The van der Waals surface area contributed by atoms with E-state index in [1.807, 2.05) is 0 Å². The zero-order chi connectivity index (χ0) is 11.9. The normalized spacial score (nSPS) is 16.4. The third kappa shape index (κ3) is 1.27. The summed E-state index contributed by atoms with van der Waals surface area (Å²) in [5.41, 5.74) is -0.904. The highest BCUT2D eigenvalue weighted by molar-refractivity contribution is 5.86. The molecular weight excluding hydrogens is 210 g/mol. The summed E-state index contributed by atoms with van der Waals surface area (Å²) in [5.74, 6) is -1.64. The second-order valence-electron chi connectivity index (χ2n) is 3.89. The van der Waals surface area contributed by atoms with Gasteiger partial charge in [0, 0.05) is 11.6 Å². The van der Waals surface area contributed by atoms with Crippen molar-refractivity contribution in [1.82, 2.24) is 0 Å². The fourth-order valence-electron chi connectivity index (χ4n) is 1.77. The second kappa shape index (κ2) is 3.14. The van der Waals surface area contributed by atoms with Gasteiger partial charge in [0.25, 0.3) is 0 Å². The Kier molecular flexibility index (Phi) is 2.02. The maximum absolute atomic E-state index is 11.1. The van der Waals surface area contributed by atoms with Gasteiger partial charge in [-0.15, -0.1) is 0 Å². The van der Waals surface area contributed by atoms with E-state index in [1.165, 1.54) is 6.07 Å². The van der Waals surface area contributed by atoms with Crippen LogP contribution in [-0.4, -0.2) is 21.3 Å². The lowest BCUT2D eigenvalue weighted by atomic mass is 9.93. The topological polar surface area (TPSA) is 102 Å². The van der Waals surface area contributed by atoms with Crippen LogP contribution >= 0.6 is 0 Å². The third-order valence-corrected chi connectivity index (χ3v) is 2.91. The SMILES string of the molecule is N#Cc1cc(C2(C(=O)O)CC2)c(O)cc1O. The number of rotatable bonds is 2. The van der Waals surface area contributed by atoms with E-state index < -0.39 is 11.4 Å². The first-order valence-corrected chi connectivity index (χ1v) is 4.71. The van der Waals surface area contributed by atoms with Crippen LogP contribution in [0.1, 0.15) is 24.0 Å². The number of nitriles is 1. The van der Waals surface area contributed by atoms with Crippen molar-refractivity contribution in [3.63, 3.8) is 0 Å². The Morgan fingerprint density at radius 1 is 1.31 bits per heavy atom. The number of phenolic OH excluding ortho intramolecular Hbond substituents is 2. The number of hydrogen-bond acceptors (Lipinski definition) is 4. The van der Waals surface area contributed by atoms with Crippen molar-refractivity contribution in [1.29, 1.82) is 5.26 Å². The highest BCUT2D eigenvalue weighted by Gasteiger charge is 2.53. The minimum Gasteiger partial charge on any atom is -0.507 e. The zero-order valence-electron chi connectivity index (χ0n) is 8.27. The maximum Gasteiger partial charge on any atom is 0.314 e. The van der Waals surface area contributed by atoms with Crippen molar-refractivity contribution >= 4 is 5.97 Å². The van der Waals surface area contributed by atoms with Crippen LogP contribution in [0.3, 0.4) is 0 Å². The summed E-state index contributed by atoms with van der Waals surface area (Å²) in [5, 5.41) is 36.7. The predicted molar refractivity (Wildman–Crippen MR) is 53.0 cm³/mol. The Morgan fingerprint density at radius 3 is 2.38 bits per heavy atom. The standard InChI is InChI=1S/C11H9NO4/c12-5-6-3-7(9(14)4-8(6)13)11(1-2-11)10(15)16/h3-4,13-14H,1-2H2,(H,15,16). The average molecular weight is 219 g/mol. The molecule has 0 unspecified atom stereocenters. The van der Waals surface area contributed by atoms with Crippen LogP contribution in [-0.2, 0) is 10.2 Å². The molecule has 0 heterocycles. The van der Waals surface area contributed by atoms with E-state index in [2.05, 4.69) is 0 Å². The van der Waals surface area contributed by atoms with Crippen molar-refractivity contribution in [3.8, 4) is 17.6 Å². The first-order valence-electron chi connectivity index (χ1n) is 4.71. The first kappa shape index (κ1) is 10.3. The molecule has 5 heteroatoms. The van der Waals surface area contributed by atoms with Crippen molar-refractivity contribution in [2.24, 2.45) is 0 Å². The highest BCUT2D eigenvalue weighted by Crippen LogP contribution is 2.52. The van der Waals surface area contributed by atoms with Gasteiger partial charge in [0.15, 0.2) is 0 Å². The number of carboxylic acids is 1. The molecule has 0 spiro atoms. The minimum atomic E-state index is -1.08. The lowest BCUT2D eigenvalue weighted by Crippen LogP contribution is -2.19. The lowest BCUT2D eigenvalue weighted by Gasteiger charge is -2.12. The van der Waals surface area contributed by atoms with Gasteiger partial charge < -0.3 is 15.3 Å². The summed E-state index contributed by atoms with van der Waals surface area (Å²) >= 11 is 0. The molecule has 2 rings (SSSR count). The summed E-state index contributed by atoms with van der Waals surface area (Å²) in [6.07, 6.45) is 0.872. The molecule has 1 saturated carbocycles. The van der Waals surface area contributed by atoms with Crippen molar-refractivity contribution in [2.45, 2.75) is 18.3 Å². The number of nitrogens with zero attached hydrogens (tertiary/aromatic N) is 1. The van der Waals surface area contributed by atoms with Crippen molar-refractivity contribution in [3.05, 3.63) is 23.3 Å². The Hall–Kier alpha value is -2.22. The fourth-order valence-corrected chi connectivity index (χ4v) is 1.77. The van der Waals surface area contributed by atoms with Gasteiger partial charge in [-0.3, -0.25) is 4.79 Å². The van der Waals surface area contributed by atoms with Gasteiger partial charge in [0.2, 0.25) is 0 Å². The Bertz CT molecular complexity index is 511. The maximum atomic E-state index is 11.1. The van der Waals surface area contributed by atoms with Crippen LogP contribution in [0.15, 0.2) is 12.1 Å². The van der Waals surface area contributed by atoms with Crippen LogP contribution in [0.2, 0.25) is 0 Å². The largest absolute Gasteiger partial charge is 0.507 e. The molecule has 0 amide bonds. The molecule has 5 nitrogen and oxygen atoms in total. The van der Waals surface area contributed by atoms with E-state index in [0.717, 1.165) is 6.07 Å². The molecule has 0 radical (unpaired) electrons. The van der Waals surface area contributed by atoms with Gasteiger partial charge >= 0.3 is 5.97 Å². The van der Waals surface area contributed by atoms with Crippen molar-refractivity contribution in [2.75, 3.05) is 0 Å². The number of benzene rings is 1. The molecule has 1 aliphatic rings. The number of carbonyl (C=O) groups is 1. The molecule has 1 aromatic carbocycles. The van der Waals surface area contributed by atoms with E-state index in [9.17, 15) is 15.0 Å². The minimum absolute atomic E-state index is 0.0275. The lowest BCUT2D eigenvalue weighted by molar-refractivity contribution is -0.140. The molecule has 82 valence electrons. The van der Waals surface area contributed by atoms with Gasteiger partial charge in [0.1, 0.15) is 17.6 Å². The van der Waals surface area contributed by atoms with E-state index in [4.69, 9.17) is 10.4 Å². The summed E-state index contributed by atoms with van der Waals surface area (Å²) in [4.78, 5) is 11.1. The number of hydrogen-bond donors (Lipinski definition) is 3. The summed E-state index contributed by atoms with van der Waals surface area (Å²) in [6.45, 7) is 0. The summed E-state index contributed by atoms with van der Waals surface area (Å²) in [7, 11) is 0. The molecule has 0 bridgehead atoms. The molecule has 1 aromatic rings. The van der Waals surface area contributed by atoms with E-state index in [1.54, 1.807) is 6.07 Å². The van der Waals surface area contributed by atoms with Gasteiger partial charge in [-0.05, 0) is 18.9 Å². The van der Waals surface area contributed by atoms with E-state index in [0.29, 0.717) is 12.8 Å². The smallest absolute Gasteiger partial charge is 0.314 e. The fraction of sp³-hybridized carbons (Fsp3) is 0.273. The number of carboxylic acid groups (broad SMARTS) is 1. The molecule has 3 N–H and O–H groups in total. The molecule has 0 saturated heterocycles. The highest BCUT2D eigenvalue weighted by atomic mass is 16.4. The average Bonchev–Trinajstić information content (AvgIpc) is 2.99. The van der Waals surface area contributed by atoms with Crippen LogP contribution < -0.4 is 0 Å². The quantitative estimate of drug-likeness (QED) is 0.690. The Morgan fingerprint density at radius 2 is 1.94 bits per heavy atom.